The molecule has 0 radical (unpaired) electrons. The van der Waals surface area contributed by atoms with Gasteiger partial charge in [-0.3, -0.25) is 5.10 Å². The summed E-state index contributed by atoms with van der Waals surface area (Å²) in [6.07, 6.45) is 2.65. The zero-order valence-corrected chi connectivity index (χ0v) is 13.8. The Kier molecular flexibility index (Phi) is 4.77. The normalized spacial score (nSPS) is 13.5. The van der Waals surface area contributed by atoms with Crippen LogP contribution in [0, 0.1) is 6.92 Å². The lowest BCUT2D eigenvalue weighted by Crippen LogP contribution is -2.28. The minimum absolute atomic E-state index is 0.0402. The summed E-state index contributed by atoms with van der Waals surface area (Å²) in [7, 11) is -3.73. The summed E-state index contributed by atoms with van der Waals surface area (Å²) >= 11 is 1.50. The van der Waals surface area contributed by atoms with Gasteiger partial charge in [0.1, 0.15) is 5.01 Å². The molecule has 0 aliphatic rings. The van der Waals surface area contributed by atoms with Crippen molar-refractivity contribution in [1.29, 1.82) is 0 Å². The lowest BCUT2D eigenvalue weighted by atomic mass is 10.3. The number of nitrogens with one attached hydrogen (secondary N) is 2. The van der Waals surface area contributed by atoms with Crippen molar-refractivity contribution < 1.29 is 8.42 Å². The summed E-state index contributed by atoms with van der Waals surface area (Å²) in [5.74, 6) is 0. The molecule has 2 aromatic rings. The monoisotopic (exact) mass is 329 g/mol. The summed E-state index contributed by atoms with van der Waals surface area (Å²) in [5, 5.41) is 7.21. The van der Waals surface area contributed by atoms with Crippen molar-refractivity contribution in [2.75, 3.05) is 0 Å². The fourth-order valence-electron chi connectivity index (χ4n) is 1.92. The Bertz CT molecular complexity index is 720. The maximum atomic E-state index is 12.4. The van der Waals surface area contributed by atoms with Crippen molar-refractivity contribution in [1.82, 2.24) is 19.9 Å². The molecule has 0 aliphatic carbocycles. The number of nitrogens with zero attached hydrogens (tertiary/aromatic N) is 2. The van der Waals surface area contributed by atoms with Crippen LogP contribution in [-0.2, 0) is 23.0 Å². The predicted molar refractivity (Wildman–Crippen MR) is 81.4 cm³/mol. The van der Waals surface area contributed by atoms with Crippen LogP contribution in [0.3, 0.4) is 0 Å². The van der Waals surface area contributed by atoms with Crippen LogP contribution in [0.4, 0.5) is 0 Å². The van der Waals surface area contributed by atoms with Crippen molar-refractivity contribution in [3.63, 3.8) is 0 Å². The lowest BCUT2D eigenvalue weighted by Gasteiger charge is -2.11. The summed E-state index contributed by atoms with van der Waals surface area (Å²) in [4.78, 5) is 5.37. The third-order valence-electron chi connectivity index (χ3n) is 3.12. The van der Waals surface area contributed by atoms with Crippen LogP contribution in [-0.4, -0.2) is 23.6 Å². The molecule has 2 heterocycles. The van der Waals surface area contributed by atoms with E-state index in [4.69, 9.17) is 5.73 Å². The van der Waals surface area contributed by atoms with Gasteiger partial charge in [0.2, 0.25) is 0 Å². The number of thiazole rings is 1. The van der Waals surface area contributed by atoms with Crippen LogP contribution < -0.4 is 10.5 Å². The van der Waals surface area contributed by atoms with E-state index < -0.39 is 16.1 Å². The van der Waals surface area contributed by atoms with Crippen molar-refractivity contribution in [3.8, 4) is 0 Å². The van der Waals surface area contributed by atoms with Gasteiger partial charge in [0.15, 0.2) is 5.03 Å². The van der Waals surface area contributed by atoms with Crippen LogP contribution in [0.25, 0.3) is 0 Å². The van der Waals surface area contributed by atoms with Gasteiger partial charge in [-0.05, 0) is 20.3 Å². The van der Waals surface area contributed by atoms with Crippen LogP contribution >= 0.6 is 11.3 Å². The molecule has 0 saturated carbocycles. The van der Waals surface area contributed by atoms with E-state index in [1.54, 1.807) is 20.0 Å². The summed E-state index contributed by atoms with van der Waals surface area (Å²) in [6, 6.07) is -0.414. The molecule has 2 aromatic heterocycles. The predicted octanol–water partition coefficient (Wildman–Crippen LogP) is 1.24. The number of H-pyrrole nitrogens is 1. The van der Waals surface area contributed by atoms with E-state index in [-0.39, 0.29) is 11.6 Å². The molecule has 1 atom stereocenters. The fourth-order valence-corrected chi connectivity index (χ4v) is 4.27. The molecule has 21 heavy (non-hydrogen) atoms. The standard InChI is InChI=1S/C12H19N5O2S2/c1-4-9-6-14-11(20-9)8(3)17-21(18,19)12-10(5-13)7(2)15-16-12/h6,8,17H,4-5,13H2,1-3H3,(H,15,16). The zero-order chi connectivity index (χ0) is 15.6. The SMILES string of the molecule is CCc1cnc(C(C)NS(=O)(=O)c2n[nH]c(C)c2CN)s1. The molecule has 9 heteroatoms. The molecule has 0 aromatic carbocycles. The van der Waals surface area contributed by atoms with Crippen LogP contribution in [0.2, 0.25) is 0 Å². The fraction of sp³-hybridized carbons (Fsp3) is 0.500. The largest absolute Gasteiger partial charge is 0.326 e. The van der Waals surface area contributed by atoms with Gasteiger partial charge < -0.3 is 5.73 Å². The number of rotatable bonds is 6. The maximum Gasteiger partial charge on any atom is 0.260 e. The van der Waals surface area contributed by atoms with E-state index >= 15 is 0 Å². The average Bonchev–Trinajstić information content (AvgIpc) is 3.04. The van der Waals surface area contributed by atoms with E-state index in [0.717, 1.165) is 16.3 Å². The smallest absolute Gasteiger partial charge is 0.260 e. The van der Waals surface area contributed by atoms with Gasteiger partial charge in [0.05, 0.1) is 6.04 Å². The van der Waals surface area contributed by atoms with E-state index in [0.29, 0.717) is 11.3 Å². The van der Waals surface area contributed by atoms with E-state index in [9.17, 15) is 8.42 Å². The average molecular weight is 329 g/mol. The van der Waals surface area contributed by atoms with E-state index in [1.807, 2.05) is 6.92 Å². The molecule has 0 aliphatic heterocycles. The van der Waals surface area contributed by atoms with Gasteiger partial charge in [-0.15, -0.1) is 11.3 Å². The third kappa shape index (κ3) is 3.31. The second kappa shape index (κ2) is 6.22. The molecule has 0 bridgehead atoms. The zero-order valence-electron chi connectivity index (χ0n) is 12.2. The first kappa shape index (κ1) is 16.1. The van der Waals surface area contributed by atoms with E-state index in [2.05, 4.69) is 19.9 Å². The molecule has 116 valence electrons. The van der Waals surface area contributed by atoms with Gasteiger partial charge in [0, 0.05) is 28.9 Å². The van der Waals surface area contributed by atoms with Crippen molar-refractivity contribution >= 4 is 21.4 Å². The molecule has 1 unspecified atom stereocenters. The second-order valence-electron chi connectivity index (χ2n) is 4.70. The highest BCUT2D eigenvalue weighted by Crippen LogP contribution is 2.23. The van der Waals surface area contributed by atoms with Gasteiger partial charge in [-0.1, -0.05) is 6.92 Å². The minimum Gasteiger partial charge on any atom is -0.326 e. The number of aromatic amines is 1. The molecule has 0 spiro atoms. The number of hydrogen-bond acceptors (Lipinski definition) is 6. The minimum atomic E-state index is -3.73. The Morgan fingerprint density at radius 1 is 1.52 bits per heavy atom. The number of aromatic nitrogens is 3. The van der Waals surface area contributed by atoms with Crippen molar-refractivity contribution in [2.24, 2.45) is 5.73 Å². The highest BCUT2D eigenvalue weighted by Gasteiger charge is 2.26. The summed E-state index contributed by atoms with van der Waals surface area (Å²) in [5.41, 5.74) is 6.76. The Balaban J connectivity index is 2.24. The number of hydrogen-bond donors (Lipinski definition) is 3. The summed E-state index contributed by atoms with van der Waals surface area (Å²) in [6.45, 7) is 5.65. The molecular formula is C12H19N5O2S2. The third-order valence-corrected chi connectivity index (χ3v) is 5.95. The van der Waals surface area contributed by atoms with Crippen LogP contribution in [0.1, 0.15) is 41.0 Å². The number of aryl methyl sites for hydroxylation is 2. The van der Waals surface area contributed by atoms with Crippen molar-refractivity contribution in [2.45, 2.75) is 44.8 Å². The highest BCUT2D eigenvalue weighted by atomic mass is 32.2. The first-order valence-corrected chi connectivity index (χ1v) is 8.89. The van der Waals surface area contributed by atoms with Gasteiger partial charge >= 0.3 is 0 Å². The quantitative estimate of drug-likeness (QED) is 0.737. The Hall–Kier alpha value is -1.29. The lowest BCUT2D eigenvalue weighted by molar-refractivity contribution is 0.561. The second-order valence-corrected chi connectivity index (χ2v) is 7.47. The van der Waals surface area contributed by atoms with Gasteiger partial charge in [0.25, 0.3) is 10.0 Å². The number of nitrogens with two attached hydrogens (primary N) is 1. The van der Waals surface area contributed by atoms with Gasteiger partial charge in [-0.2, -0.15) is 5.10 Å². The molecule has 0 fully saturated rings. The Morgan fingerprint density at radius 2 is 2.24 bits per heavy atom. The van der Waals surface area contributed by atoms with E-state index in [1.165, 1.54) is 11.3 Å². The summed E-state index contributed by atoms with van der Waals surface area (Å²) < 4.78 is 27.4. The molecule has 0 saturated heterocycles. The Labute approximate surface area is 128 Å². The van der Waals surface area contributed by atoms with Crippen LogP contribution in [0.15, 0.2) is 11.2 Å². The van der Waals surface area contributed by atoms with Crippen LogP contribution in [0.5, 0.6) is 0 Å². The maximum absolute atomic E-state index is 12.4. The molecule has 4 N–H and O–H groups in total. The topological polar surface area (TPSA) is 114 Å². The first-order chi connectivity index (χ1) is 9.89. The first-order valence-electron chi connectivity index (χ1n) is 6.59. The Morgan fingerprint density at radius 3 is 2.81 bits per heavy atom. The molecular weight excluding hydrogens is 310 g/mol. The molecule has 2 rings (SSSR count). The van der Waals surface area contributed by atoms with Gasteiger partial charge in [-0.25, -0.2) is 18.1 Å². The number of sulfonamides is 1. The molecule has 7 nitrogen and oxygen atoms in total. The molecule has 0 amide bonds. The highest BCUT2D eigenvalue weighted by molar-refractivity contribution is 7.89. The van der Waals surface area contributed by atoms with Crippen molar-refractivity contribution in [3.05, 3.63) is 27.3 Å².